The highest BCUT2D eigenvalue weighted by molar-refractivity contribution is 5.88. The molecule has 2 unspecified atom stereocenters. The first-order valence-electron chi connectivity index (χ1n) is 9.36. The minimum absolute atomic E-state index is 0.158. The van der Waals surface area contributed by atoms with Crippen LogP contribution < -0.4 is 10.2 Å². The molecule has 1 N–H and O–H groups in total. The average Bonchev–Trinajstić information content (AvgIpc) is 2.65. The van der Waals surface area contributed by atoms with Crippen molar-refractivity contribution in [2.75, 3.05) is 20.3 Å². The second-order valence-electron chi connectivity index (χ2n) is 7.32. The van der Waals surface area contributed by atoms with Gasteiger partial charge in [-0.2, -0.15) is 4.39 Å². The molecule has 0 saturated carbocycles. The number of aromatic nitrogens is 1. The third-order valence-electron chi connectivity index (χ3n) is 5.04. The van der Waals surface area contributed by atoms with Crippen molar-refractivity contribution in [3.8, 4) is 17.0 Å². The van der Waals surface area contributed by atoms with Crippen LogP contribution in [0.5, 0.6) is 5.75 Å². The van der Waals surface area contributed by atoms with Crippen molar-refractivity contribution in [2.45, 2.75) is 32.5 Å². The van der Waals surface area contributed by atoms with Gasteiger partial charge in [0.1, 0.15) is 11.9 Å². The molecule has 6 nitrogen and oxygen atoms in total. The molecule has 0 amide bonds. The number of nitrogens with zero attached hydrogens (tertiary/aromatic N) is 1. The van der Waals surface area contributed by atoms with Crippen LogP contribution in [0.15, 0.2) is 29.1 Å². The van der Waals surface area contributed by atoms with E-state index in [1.807, 2.05) is 0 Å². The van der Waals surface area contributed by atoms with Crippen LogP contribution in [0.3, 0.4) is 0 Å². The van der Waals surface area contributed by atoms with E-state index in [2.05, 4.69) is 0 Å². The van der Waals surface area contributed by atoms with Gasteiger partial charge in [-0.25, -0.2) is 9.18 Å². The number of rotatable bonds is 7. The van der Waals surface area contributed by atoms with Crippen LogP contribution in [-0.2, 0) is 4.74 Å². The molecule has 1 aliphatic heterocycles. The SMILES string of the molecule is COCCCOc1ccc2c(c1)C(F)C(C(C)C)n1c-2cc(=O)c(C(=O)O)c1F. The summed E-state index contributed by atoms with van der Waals surface area (Å²) < 4.78 is 42.2. The zero-order valence-electron chi connectivity index (χ0n) is 16.4. The lowest BCUT2D eigenvalue weighted by Gasteiger charge is -2.36. The van der Waals surface area contributed by atoms with Crippen LogP contribution in [0.1, 0.15) is 48.4 Å². The summed E-state index contributed by atoms with van der Waals surface area (Å²) in [4.78, 5) is 23.6. The average molecular weight is 407 g/mol. The number of ether oxygens (including phenoxy) is 2. The highest BCUT2D eigenvalue weighted by Crippen LogP contribution is 2.47. The topological polar surface area (TPSA) is 77.8 Å². The predicted octanol–water partition coefficient (Wildman–Crippen LogP) is 3.99. The number of halogens is 2. The van der Waals surface area contributed by atoms with Crippen LogP contribution in [0.2, 0.25) is 0 Å². The van der Waals surface area contributed by atoms with E-state index in [0.29, 0.717) is 30.9 Å². The van der Waals surface area contributed by atoms with Gasteiger partial charge in [-0.15, -0.1) is 0 Å². The summed E-state index contributed by atoms with van der Waals surface area (Å²) in [5.74, 6) is -2.80. The Morgan fingerprint density at radius 2 is 2.00 bits per heavy atom. The van der Waals surface area contributed by atoms with Gasteiger partial charge in [-0.3, -0.25) is 4.79 Å². The van der Waals surface area contributed by atoms with Gasteiger partial charge in [0.2, 0.25) is 5.95 Å². The molecule has 8 heteroatoms. The molecule has 1 aromatic heterocycles. The molecule has 1 aromatic carbocycles. The van der Waals surface area contributed by atoms with E-state index in [1.165, 1.54) is 0 Å². The number of benzene rings is 1. The van der Waals surface area contributed by atoms with Crippen molar-refractivity contribution in [1.82, 2.24) is 4.57 Å². The number of hydrogen-bond acceptors (Lipinski definition) is 4. The Balaban J connectivity index is 2.14. The van der Waals surface area contributed by atoms with Crippen molar-refractivity contribution in [3.63, 3.8) is 0 Å². The molecule has 0 radical (unpaired) electrons. The Morgan fingerprint density at radius 1 is 1.28 bits per heavy atom. The van der Waals surface area contributed by atoms with Crippen molar-refractivity contribution in [3.05, 3.63) is 51.6 Å². The van der Waals surface area contributed by atoms with E-state index in [4.69, 9.17) is 9.47 Å². The maximum absolute atomic E-state index is 15.5. The van der Waals surface area contributed by atoms with Gasteiger partial charge < -0.3 is 19.1 Å². The monoisotopic (exact) mass is 407 g/mol. The zero-order valence-corrected chi connectivity index (χ0v) is 16.4. The Bertz CT molecular complexity index is 986. The lowest BCUT2D eigenvalue weighted by Crippen LogP contribution is -2.33. The molecule has 2 atom stereocenters. The fourth-order valence-corrected chi connectivity index (χ4v) is 3.72. The second kappa shape index (κ2) is 8.32. The third-order valence-corrected chi connectivity index (χ3v) is 5.04. The Labute approximate surface area is 166 Å². The van der Waals surface area contributed by atoms with Crippen molar-refractivity contribution < 1.29 is 28.2 Å². The smallest absolute Gasteiger partial charge is 0.344 e. The van der Waals surface area contributed by atoms with Gasteiger partial charge in [0, 0.05) is 37.3 Å². The summed E-state index contributed by atoms with van der Waals surface area (Å²) in [6.07, 6.45) is -0.929. The molecule has 156 valence electrons. The number of pyridine rings is 1. The number of hydrogen-bond donors (Lipinski definition) is 1. The molecule has 29 heavy (non-hydrogen) atoms. The lowest BCUT2D eigenvalue weighted by atomic mass is 9.85. The van der Waals surface area contributed by atoms with Crippen LogP contribution in [0, 0.1) is 11.9 Å². The molecule has 0 saturated heterocycles. The third kappa shape index (κ3) is 3.76. The first kappa shape index (κ1) is 21.0. The van der Waals surface area contributed by atoms with Gasteiger partial charge in [0.15, 0.2) is 11.0 Å². The number of methoxy groups -OCH3 is 1. The summed E-state index contributed by atoms with van der Waals surface area (Å²) >= 11 is 0. The Hall–Kier alpha value is -2.74. The van der Waals surface area contributed by atoms with Crippen molar-refractivity contribution in [2.24, 2.45) is 5.92 Å². The molecule has 2 aromatic rings. The molecular formula is C21H23F2NO5. The minimum Gasteiger partial charge on any atom is -0.493 e. The van der Waals surface area contributed by atoms with Crippen LogP contribution in [0.25, 0.3) is 11.3 Å². The molecule has 2 heterocycles. The largest absolute Gasteiger partial charge is 0.493 e. The Kier molecular flexibility index (Phi) is 6.02. The first-order valence-corrected chi connectivity index (χ1v) is 9.36. The van der Waals surface area contributed by atoms with E-state index in [1.54, 1.807) is 39.2 Å². The number of fused-ring (bicyclic) bond motifs is 3. The molecule has 0 spiro atoms. The van der Waals surface area contributed by atoms with E-state index in [-0.39, 0.29) is 17.2 Å². The highest BCUT2D eigenvalue weighted by atomic mass is 19.1. The fourth-order valence-electron chi connectivity index (χ4n) is 3.72. The van der Waals surface area contributed by atoms with Crippen LogP contribution in [-0.4, -0.2) is 36.0 Å². The van der Waals surface area contributed by atoms with Gasteiger partial charge in [-0.05, 0) is 24.1 Å². The predicted molar refractivity (Wildman–Crippen MR) is 103 cm³/mol. The fraction of sp³-hybridized carbons (Fsp3) is 0.429. The minimum atomic E-state index is -1.67. The van der Waals surface area contributed by atoms with Gasteiger partial charge >= 0.3 is 5.97 Å². The highest BCUT2D eigenvalue weighted by Gasteiger charge is 2.39. The van der Waals surface area contributed by atoms with Crippen molar-refractivity contribution >= 4 is 5.97 Å². The lowest BCUT2D eigenvalue weighted by molar-refractivity contribution is 0.0684. The van der Waals surface area contributed by atoms with Gasteiger partial charge in [0.05, 0.1) is 18.3 Å². The van der Waals surface area contributed by atoms with Crippen molar-refractivity contribution in [1.29, 1.82) is 0 Å². The van der Waals surface area contributed by atoms with E-state index < -0.39 is 35.1 Å². The quantitative estimate of drug-likeness (QED) is 0.555. The number of carboxylic acids is 1. The summed E-state index contributed by atoms with van der Waals surface area (Å²) in [7, 11) is 1.59. The van der Waals surface area contributed by atoms with Gasteiger partial charge in [-0.1, -0.05) is 13.8 Å². The van der Waals surface area contributed by atoms with E-state index in [0.717, 1.165) is 10.6 Å². The van der Waals surface area contributed by atoms with E-state index >= 15 is 8.78 Å². The summed E-state index contributed by atoms with van der Waals surface area (Å²) in [5, 5.41) is 9.22. The molecule has 0 fully saturated rings. The van der Waals surface area contributed by atoms with Crippen LogP contribution in [0.4, 0.5) is 8.78 Å². The summed E-state index contributed by atoms with van der Waals surface area (Å²) in [6, 6.07) is 4.80. The number of carbonyl (C=O) groups is 1. The standard InChI is InChI=1S/C21H23F2NO5/c1-11(2)19-18(22)14-9-12(29-8-4-7-28-3)5-6-13(14)15-10-16(25)17(21(26)27)20(23)24(15)19/h5-6,9-11,18-19H,4,7-8H2,1-3H3,(H,26,27). The second-order valence-corrected chi connectivity index (χ2v) is 7.32. The molecule has 0 bridgehead atoms. The number of alkyl halides is 1. The normalized spacial score (nSPS) is 17.7. The number of carboxylic acid groups (broad SMARTS) is 1. The maximum atomic E-state index is 15.5. The van der Waals surface area contributed by atoms with E-state index in [9.17, 15) is 14.7 Å². The number of aromatic carboxylic acids is 1. The van der Waals surface area contributed by atoms with Gasteiger partial charge in [0.25, 0.3) is 0 Å². The maximum Gasteiger partial charge on any atom is 0.344 e. The molecule has 3 rings (SSSR count). The molecule has 0 aliphatic carbocycles. The first-order chi connectivity index (χ1) is 13.8. The zero-order chi connectivity index (χ0) is 21.3. The summed E-state index contributed by atoms with van der Waals surface area (Å²) in [6.45, 7) is 4.36. The molecule has 1 aliphatic rings. The molecular weight excluding hydrogens is 384 g/mol. The van der Waals surface area contributed by atoms with Crippen LogP contribution >= 0.6 is 0 Å². The summed E-state index contributed by atoms with van der Waals surface area (Å²) in [5.41, 5.74) is -1.15. The Morgan fingerprint density at radius 3 is 2.62 bits per heavy atom.